The zero-order valence-electron chi connectivity index (χ0n) is 21.2. The predicted octanol–water partition coefficient (Wildman–Crippen LogP) is 3.28. The maximum absolute atomic E-state index is 13.4. The van der Waals surface area contributed by atoms with Crippen LogP contribution in [0.15, 0.2) is 66.0 Å². The average Bonchev–Trinajstić information content (AvgIpc) is 2.90. The number of carbonyl (C=O) groups excluding carboxylic acids is 2. The maximum atomic E-state index is 13.4. The molecule has 2 amide bonds. The molecule has 9 heteroatoms. The summed E-state index contributed by atoms with van der Waals surface area (Å²) in [5.41, 5.74) is 3.07. The number of nitrogens with zero attached hydrogens (tertiary/aromatic N) is 5. The zero-order valence-corrected chi connectivity index (χ0v) is 21.2. The molecule has 9 nitrogen and oxygen atoms in total. The van der Waals surface area contributed by atoms with Gasteiger partial charge in [0, 0.05) is 57.2 Å². The molecule has 2 aromatic heterocycles. The van der Waals surface area contributed by atoms with Gasteiger partial charge in [0.05, 0.1) is 0 Å². The van der Waals surface area contributed by atoms with E-state index in [1.807, 2.05) is 30.3 Å². The zero-order chi connectivity index (χ0) is 26.0. The van der Waals surface area contributed by atoms with Crippen molar-refractivity contribution < 1.29 is 14.3 Å². The van der Waals surface area contributed by atoms with Crippen LogP contribution >= 0.6 is 0 Å². The fourth-order valence-corrected chi connectivity index (χ4v) is 4.62. The van der Waals surface area contributed by atoms with Gasteiger partial charge in [-0.05, 0) is 53.8 Å². The lowest BCUT2D eigenvalue weighted by Crippen LogP contribution is -2.39. The van der Waals surface area contributed by atoms with Crippen molar-refractivity contribution in [2.24, 2.45) is 0 Å². The summed E-state index contributed by atoms with van der Waals surface area (Å²) in [6.07, 6.45) is 11.3. The van der Waals surface area contributed by atoms with Crippen LogP contribution in [-0.2, 0) is 27.4 Å². The molecule has 3 heterocycles. The minimum atomic E-state index is -0.458. The third-order valence-electron chi connectivity index (χ3n) is 6.55. The van der Waals surface area contributed by atoms with E-state index in [2.05, 4.69) is 9.97 Å². The van der Waals surface area contributed by atoms with Crippen LogP contribution in [0.4, 0.5) is 5.69 Å². The molecule has 0 spiro atoms. The molecule has 0 atom stereocenters. The van der Waals surface area contributed by atoms with Crippen molar-refractivity contribution in [3.05, 3.63) is 77.2 Å². The molecule has 0 saturated carbocycles. The van der Waals surface area contributed by atoms with E-state index in [4.69, 9.17) is 4.74 Å². The third-order valence-corrected chi connectivity index (χ3v) is 6.55. The van der Waals surface area contributed by atoms with Gasteiger partial charge in [-0.2, -0.15) is 0 Å². The fourth-order valence-electron chi connectivity index (χ4n) is 4.62. The molecule has 1 aliphatic heterocycles. The number of methoxy groups -OCH3 is 1. The van der Waals surface area contributed by atoms with Crippen LogP contribution in [0.25, 0.3) is 11.1 Å². The smallest absolute Gasteiger partial charge is 0.347 e. The van der Waals surface area contributed by atoms with Crippen LogP contribution in [0.5, 0.6) is 0 Å². The van der Waals surface area contributed by atoms with E-state index in [-0.39, 0.29) is 25.0 Å². The minimum absolute atomic E-state index is 0.0175. The first kappa shape index (κ1) is 26.2. The Bertz CT molecular complexity index is 1260. The summed E-state index contributed by atoms with van der Waals surface area (Å²) in [6.45, 7) is 1.36. The summed E-state index contributed by atoms with van der Waals surface area (Å²) in [6, 6.07) is 11.5. The number of rotatable bonds is 5. The number of ether oxygens (including phenoxy) is 1. The van der Waals surface area contributed by atoms with Gasteiger partial charge in [0.1, 0.15) is 13.2 Å². The van der Waals surface area contributed by atoms with Crippen LogP contribution in [0, 0.1) is 0 Å². The SMILES string of the molecule is COCC(=O)N1CCCCCCCN(C(=O)Cn2cccnc2=O)Cc2cc(-c3cccnc3)ccc21. The quantitative estimate of drug-likeness (QED) is 0.530. The number of hydrogen-bond donors (Lipinski definition) is 0. The van der Waals surface area contributed by atoms with Crippen LogP contribution in [-0.4, -0.2) is 58.1 Å². The number of hydrogen-bond acceptors (Lipinski definition) is 6. The van der Waals surface area contributed by atoms with Crippen molar-refractivity contribution in [2.75, 3.05) is 31.7 Å². The van der Waals surface area contributed by atoms with Crippen molar-refractivity contribution in [2.45, 2.75) is 45.2 Å². The Kier molecular flexibility index (Phi) is 9.15. The van der Waals surface area contributed by atoms with E-state index in [0.29, 0.717) is 19.6 Å². The standard InChI is InChI=1S/C28H33N5O4/c1-37-21-27(35)33-16-6-4-2-3-5-14-31(26(34)20-32-15-8-13-30-28(32)36)19-24-17-22(10-11-25(24)33)23-9-7-12-29-18-23/h7-13,15,17-18H,2-6,14,16,19-21H2,1H3. The third kappa shape index (κ3) is 6.89. The minimum Gasteiger partial charge on any atom is -0.375 e. The van der Waals surface area contributed by atoms with Crippen LogP contribution < -0.4 is 10.6 Å². The fraction of sp³-hybridized carbons (Fsp3) is 0.393. The lowest BCUT2D eigenvalue weighted by atomic mass is 10.0. The molecule has 1 aliphatic rings. The van der Waals surface area contributed by atoms with Crippen molar-refractivity contribution in [1.82, 2.24) is 19.4 Å². The molecule has 0 saturated heterocycles. The summed E-state index contributed by atoms with van der Waals surface area (Å²) in [5, 5.41) is 0. The Labute approximate surface area is 216 Å². The van der Waals surface area contributed by atoms with Gasteiger partial charge in [-0.15, -0.1) is 0 Å². The van der Waals surface area contributed by atoms with Crippen molar-refractivity contribution in [3.63, 3.8) is 0 Å². The first-order chi connectivity index (χ1) is 18.1. The van der Waals surface area contributed by atoms with Crippen molar-refractivity contribution in [1.29, 1.82) is 0 Å². The molecule has 0 N–H and O–H groups in total. The second-order valence-corrected chi connectivity index (χ2v) is 9.18. The highest BCUT2D eigenvalue weighted by molar-refractivity contribution is 5.95. The first-order valence-corrected chi connectivity index (χ1v) is 12.7. The van der Waals surface area contributed by atoms with Crippen LogP contribution in [0.2, 0.25) is 0 Å². The lowest BCUT2D eigenvalue weighted by Gasteiger charge is -2.30. The molecule has 0 aliphatic carbocycles. The Balaban J connectivity index is 1.74. The highest BCUT2D eigenvalue weighted by Crippen LogP contribution is 2.30. The number of benzene rings is 1. The van der Waals surface area contributed by atoms with Gasteiger partial charge in [-0.3, -0.25) is 19.1 Å². The number of carbonyl (C=O) groups is 2. The molecule has 3 aromatic rings. The number of fused-ring (bicyclic) bond motifs is 1. The van der Waals surface area contributed by atoms with E-state index in [1.54, 1.807) is 34.5 Å². The van der Waals surface area contributed by atoms with Crippen molar-refractivity contribution in [3.8, 4) is 11.1 Å². The Morgan fingerprint density at radius 1 is 0.946 bits per heavy atom. The molecule has 1 aromatic carbocycles. The number of amides is 2. The summed E-state index contributed by atoms with van der Waals surface area (Å²) in [5.74, 6) is -0.283. The van der Waals surface area contributed by atoms with E-state index in [1.165, 1.54) is 17.9 Å². The molecule has 0 fully saturated rings. The normalized spacial score (nSPS) is 14.8. The first-order valence-electron chi connectivity index (χ1n) is 12.7. The molecule has 0 unspecified atom stereocenters. The molecule has 194 valence electrons. The summed E-state index contributed by atoms with van der Waals surface area (Å²) in [4.78, 5) is 50.2. The van der Waals surface area contributed by atoms with E-state index in [0.717, 1.165) is 54.5 Å². The second-order valence-electron chi connectivity index (χ2n) is 9.18. The number of anilines is 1. The lowest BCUT2D eigenvalue weighted by molar-refractivity contribution is -0.132. The monoisotopic (exact) mass is 503 g/mol. The van der Waals surface area contributed by atoms with Gasteiger partial charge < -0.3 is 14.5 Å². The molecule has 0 bridgehead atoms. The highest BCUT2D eigenvalue weighted by Gasteiger charge is 2.23. The molecule has 37 heavy (non-hydrogen) atoms. The van der Waals surface area contributed by atoms with E-state index >= 15 is 0 Å². The molecular formula is C28H33N5O4. The Morgan fingerprint density at radius 2 is 1.76 bits per heavy atom. The maximum Gasteiger partial charge on any atom is 0.347 e. The van der Waals surface area contributed by atoms with E-state index in [9.17, 15) is 14.4 Å². The summed E-state index contributed by atoms with van der Waals surface area (Å²) < 4.78 is 6.49. The van der Waals surface area contributed by atoms with Gasteiger partial charge in [0.15, 0.2) is 0 Å². The second kappa shape index (κ2) is 12.9. The number of pyridine rings is 1. The topological polar surface area (TPSA) is 97.6 Å². The predicted molar refractivity (Wildman–Crippen MR) is 141 cm³/mol. The summed E-state index contributed by atoms with van der Waals surface area (Å²) >= 11 is 0. The van der Waals surface area contributed by atoms with Gasteiger partial charge in [0.25, 0.3) is 5.91 Å². The van der Waals surface area contributed by atoms with Crippen molar-refractivity contribution >= 4 is 17.5 Å². The van der Waals surface area contributed by atoms with Crippen LogP contribution in [0.3, 0.4) is 0 Å². The van der Waals surface area contributed by atoms with Gasteiger partial charge in [-0.25, -0.2) is 9.78 Å². The van der Waals surface area contributed by atoms with Gasteiger partial charge in [-0.1, -0.05) is 31.4 Å². The Hall–Kier alpha value is -3.85. The molecule has 4 rings (SSSR count). The number of aromatic nitrogens is 3. The summed E-state index contributed by atoms with van der Waals surface area (Å²) in [7, 11) is 1.52. The molecule has 0 radical (unpaired) electrons. The Morgan fingerprint density at radius 3 is 2.51 bits per heavy atom. The van der Waals surface area contributed by atoms with Gasteiger partial charge >= 0.3 is 5.69 Å². The van der Waals surface area contributed by atoms with E-state index < -0.39 is 5.69 Å². The average molecular weight is 504 g/mol. The molecular weight excluding hydrogens is 470 g/mol. The van der Waals surface area contributed by atoms with Gasteiger partial charge in [0.2, 0.25) is 5.91 Å². The highest BCUT2D eigenvalue weighted by atomic mass is 16.5. The van der Waals surface area contributed by atoms with Crippen LogP contribution in [0.1, 0.15) is 37.7 Å². The largest absolute Gasteiger partial charge is 0.375 e.